The molecule has 0 aliphatic carbocycles. The molecule has 2 heterocycles. The second-order valence-electron chi connectivity index (χ2n) is 14.0. The van der Waals surface area contributed by atoms with Crippen LogP contribution in [0.5, 0.6) is 5.75 Å². The van der Waals surface area contributed by atoms with Crippen LogP contribution in [0.25, 0.3) is 22.2 Å². The number of carbonyl (C=O) groups excluding carboxylic acids is 2. The molecule has 1 unspecified atom stereocenters. The maximum atomic E-state index is 13.1. The molecule has 0 bridgehead atoms. The molecule has 1 N–H and O–H groups in total. The van der Waals surface area contributed by atoms with Crippen molar-refractivity contribution in [1.82, 2.24) is 15.2 Å². The van der Waals surface area contributed by atoms with Crippen LogP contribution >= 0.6 is 0 Å². The third kappa shape index (κ3) is 12.2. The largest absolute Gasteiger partial charge is 0.493 e. The van der Waals surface area contributed by atoms with Crippen molar-refractivity contribution in [2.75, 3.05) is 85.0 Å². The maximum absolute atomic E-state index is 13.1. The highest BCUT2D eigenvalue weighted by molar-refractivity contribution is 5.89. The number of pyridine rings is 1. The van der Waals surface area contributed by atoms with Crippen LogP contribution in [-0.2, 0) is 28.5 Å². The molecule has 4 rings (SSSR count). The zero-order valence-corrected chi connectivity index (χ0v) is 30.7. The summed E-state index contributed by atoms with van der Waals surface area (Å²) in [5.74, 6) is 0.488. The number of amides is 2. The normalized spacial score (nSPS) is 15.3. The molecule has 1 fully saturated rings. The number of likely N-dealkylation sites (tertiary alicyclic amines) is 1. The van der Waals surface area contributed by atoms with Gasteiger partial charge in [-0.25, -0.2) is 4.98 Å². The van der Waals surface area contributed by atoms with E-state index in [0.29, 0.717) is 46.2 Å². The van der Waals surface area contributed by atoms with Gasteiger partial charge in [0, 0.05) is 56.3 Å². The molecule has 3 aromatic rings. The second kappa shape index (κ2) is 19.6. The molecule has 2 amide bonds. The van der Waals surface area contributed by atoms with E-state index in [1.807, 2.05) is 64.0 Å². The molecule has 1 saturated heterocycles. The molecule has 274 valence electrons. The number of rotatable bonds is 20. The van der Waals surface area contributed by atoms with Gasteiger partial charge in [0.2, 0.25) is 11.8 Å². The first-order chi connectivity index (χ1) is 24.0. The van der Waals surface area contributed by atoms with Gasteiger partial charge in [0.05, 0.1) is 57.5 Å². The summed E-state index contributed by atoms with van der Waals surface area (Å²) in [6.45, 7) is 12.2. The van der Waals surface area contributed by atoms with Crippen LogP contribution < -0.4 is 15.0 Å². The number of anilines is 1. The van der Waals surface area contributed by atoms with Gasteiger partial charge in [0.25, 0.3) is 0 Å². The Morgan fingerprint density at radius 1 is 0.880 bits per heavy atom. The second-order valence-corrected chi connectivity index (χ2v) is 14.0. The SMILES string of the molecule is C[C@@H]1CCCN1C(=O)C(NC(=O)COCCOCCOCCOCCCOc1ccc2nc(-c3ccc(N(C)C)cc3)ccc2c1)C(C)(C)C. The van der Waals surface area contributed by atoms with E-state index in [2.05, 4.69) is 47.5 Å². The van der Waals surface area contributed by atoms with Crippen LogP contribution in [0.15, 0.2) is 54.6 Å². The van der Waals surface area contributed by atoms with Gasteiger partial charge >= 0.3 is 0 Å². The lowest BCUT2D eigenvalue weighted by atomic mass is 9.85. The Balaban J connectivity index is 0.982. The highest BCUT2D eigenvalue weighted by Crippen LogP contribution is 2.27. The van der Waals surface area contributed by atoms with Crippen LogP contribution in [0.3, 0.4) is 0 Å². The summed E-state index contributed by atoms with van der Waals surface area (Å²) in [5, 5.41) is 3.92. The molecule has 11 nitrogen and oxygen atoms in total. The van der Waals surface area contributed by atoms with Crippen molar-refractivity contribution in [2.24, 2.45) is 5.41 Å². The van der Waals surface area contributed by atoms with E-state index >= 15 is 0 Å². The Labute approximate surface area is 297 Å². The minimum absolute atomic E-state index is 0.0220. The molecular weight excluding hydrogens is 636 g/mol. The number of nitrogens with one attached hydrogen (secondary N) is 1. The summed E-state index contributed by atoms with van der Waals surface area (Å²) in [4.78, 5) is 34.4. The van der Waals surface area contributed by atoms with Crippen molar-refractivity contribution in [3.63, 3.8) is 0 Å². The lowest BCUT2D eigenvalue weighted by Gasteiger charge is -2.35. The van der Waals surface area contributed by atoms with E-state index in [0.717, 1.165) is 59.4 Å². The fraction of sp³-hybridized carbons (Fsp3) is 0.564. The first-order valence-electron chi connectivity index (χ1n) is 17.7. The van der Waals surface area contributed by atoms with Crippen LogP contribution in [0.1, 0.15) is 47.0 Å². The first kappa shape index (κ1) is 39.0. The van der Waals surface area contributed by atoms with E-state index in [-0.39, 0.29) is 31.1 Å². The number of benzene rings is 2. The number of carbonyl (C=O) groups is 2. The van der Waals surface area contributed by atoms with E-state index in [9.17, 15) is 9.59 Å². The minimum atomic E-state index is -0.591. The van der Waals surface area contributed by atoms with Gasteiger partial charge in [-0.2, -0.15) is 0 Å². The molecule has 50 heavy (non-hydrogen) atoms. The Hall–Kier alpha value is -3.77. The van der Waals surface area contributed by atoms with Gasteiger partial charge in [-0.1, -0.05) is 39.0 Å². The average Bonchev–Trinajstić information content (AvgIpc) is 3.53. The van der Waals surface area contributed by atoms with Gasteiger partial charge in [0.1, 0.15) is 18.4 Å². The molecule has 2 atom stereocenters. The Bertz CT molecular complexity index is 1490. The van der Waals surface area contributed by atoms with Crippen molar-refractivity contribution in [3.8, 4) is 17.0 Å². The van der Waals surface area contributed by atoms with Crippen LogP contribution in [0.4, 0.5) is 5.69 Å². The van der Waals surface area contributed by atoms with Crippen molar-refractivity contribution in [1.29, 1.82) is 0 Å². The molecule has 11 heteroatoms. The van der Waals surface area contributed by atoms with Crippen molar-refractivity contribution in [3.05, 3.63) is 54.6 Å². The van der Waals surface area contributed by atoms with Crippen molar-refractivity contribution < 1.29 is 33.3 Å². The van der Waals surface area contributed by atoms with Gasteiger partial charge in [0.15, 0.2) is 0 Å². The molecule has 0 saturated carbocycles. The average molecular weight is 693 g/mol. The highest BCUT2D eigenvalue weighted by atomic mass is 16.6. The summed E-state index contributed by atoms with van der Waals surface area (Å²) in [5.41, 5.74) is 3.72. The number of nitrogens with zero attached hydrogens (tertiary/aromatic N) is 3. The Morgan fingerprint density at radius 2 is 1.54 bits per heavy atom. The lowest BCUT2D eigenvalue weighted by molar-refractivity contribution is -0.141. The first-order valence-corrected chi connectivity index (χ1v) is 17.7. The van der Waals surface area contributed by atoms with E-state index in [1.54, 1.807) is 0 Å². The summed E-state index contributed by atoms with van der Waals surface area (Å²) in [6, 6.07) is 18.1. The molecule has 0 spiro atoms. The topological polar surface area (TPSA) is 112 Å². The Kier molecular flexibility index (Phi) is 15.3. The number of hydrogen-bond acceptors (Lipinski definition) is 9. The van der Waals surface area contributed by atoms with Gasteiger partial charge in [-0.3, -0.25) is 9.59 Å². The van der Waals surface area contributed by atoms with Crippen LogP contribution in [-0.4, -0.2) is 114 Å². The third-order valence-electron chi connectivity index (χ3n) is 8.65. The third-order valence-corrected chi connectivity index (χ3v) is 8.65. The lowest BCUT2D eigenvalue weighted by Crippen LogP contribution is -2.56. The monoisotopic (exact) mass is 692 g/mol. The highest BCUT2D eigenvalue weighted by Gasteiger charge is 2.38. The Morgan fingerprint density at radius 3 is 2.16 bits per heavy atom. The molecule has 1 aliphatic heterocycles. The zero-order valence-electron chi connectivity index (χ0n) is 30.7. The molecule has 0 radical (unpaired) electrons. The fourth-order valence-corrected chi connectivity index (χ4v) is 5.74. The van der Waals surface area contributed by atoms with Crippen molar-refractivity contribution in [2.45, 2.75) is 59.0 Å². The number of ether oxygens (including phenoxy) is 5. The standard InChI is InChI=1S/C39H56N4O7/c1-29-9-7-18-43(29)38(45)37(39(2,3)4)41-36(44)28-49-26-25-48-24-23-47-22-21-46-19-8-20-50-33-15-17-35-31(27-33)12-16-34(40-35)30-10-13-32(14-11-30)42(5)6/h10-17,27,29,37H,7-9,18-26,28H2,1-6H3,(H,41,44)/t29-,37?/m1/s1. The molecule has 2 aromatic carbocycles. The van der Waals surface area contributed by atoms with Gasteiger partial charge in [-0.15, -0.1) is 0 Å². The summed E-state index contributed by atoms with van der Waals surface area (Å²) in [6.07, 6.45) is 2.76. The van der Waals surface area contributed by atoms with Crippen molar-refractivity contribution >= 4 is 28.4 Å². The number of fused-ring (bicyclic) bond motifs is 1. The van der Waals surface area contributed by atoms with E-state index in [4.69, 9.17) is 28.7 Å². The van der Waals surface area contributed by atoms with Crippen LogP contribution in [0.2, 0.25) is 0 Å². The number of aromatic nitrogens is 1. The number of hydrogen-bond donors (Lipinski definition) is 1. The maximum Gasteiger partial charge on any atom is 0.246 e. The minimum Gasteiger partial charge on any atom is -0.493 e. The summed E-state index contributed by atoms with van der Waals surface area (Å²) in [7, 11) is 4.06. The smallest absolute Gasteiger partial charge is 0.246 e. The predicted molar refractivity (Wildman–Crippen MR) is 197 cm³/mol. The quantitative estimate of drug-likeness (QED) is 0.157. The fourth-order valence-electron chi connectivity index (χ4n) is 5.74. The van der Waals surface area contributed by atoms with E-state index < -0.39 is 11.5 Å². The predicted octanol–water partition coefficient (Wildman–Crippen LogP) is 5.34. The summed E-state index contributed by atoms with van der Waals surface area (Å²) < 4.78 is 28.1. The zero-order chi connectivity index (χ0) is 35.9. The van der Waals surface area contributed by atoms with Crippen LogP contribution in [0, 0.1) is 5.41 Å². The molecule has 1 aliphatic rings. The molecule has 1 aromatic heterocycles. The van der Waals surface area contributed by atoms with E-state index in [1.165, 1.54) is 0 Å². The van der Waals surface area contributed by atoms with Gasteiger partial charge in [-0.05, 0) is 61.6 Å². The molecular formula is C39H56N4O7. The summed E-state index contributed by atoms with van der Waals surface area (Å²) >= 11 is 0. The van der Waals surface area contributed by atoms with Gasteiger partial charge < -0.3 is 38.8 Å².